The van der Waals surface area contributed by atoms with Crippen LogP contribution in [0.1, 0.15) is 39.9 Å². The second kappa shape index (κ2) is 8.10. The minimum atomic E-state index is -0.291. The van der Waals surface area contributed by atoms with Gasteiger partial charge in [0.1, 0.15) is 17.9 Å². The Balaban J connectivity index is 1.92. The van der Waals surface area contributed by atoms with Gasteiger partial charge in [0.15, 0.2) is 0 Å². The zero-order valence-corrected chi connectivity index (χ0v) is 16.6. The highest BCUT2D eigenvalue weighted by atomic mass is 127. The molecule has 1 saturated carbocycles. The minimum Gasteiger partial charge on any atom is -0.491 e. The van der Waals surface area contributed by atoms with Gasteiger partial charge in [-0.05, 0) is 70.0 Å². The van der Waals surface area contributed by atoms with Crippen molar-refractivity contribution < 1.29 is 19.4 Å². The van der Waals surface area contributed by atoms with Crippen molar-refractivity contribution in [1.82, 2.24) is 0 Å². The predicted molar refractivity (Wildman–Crippen MR) is 104 cm³/mol. The Hall–Kier alpha value is -0.730. The van der Waals surface area contributed by atoms with Crippen molar-refractivity contribution in [2.75, 3.05) is 19.0 Å². The van der Waals surface area contributed by atoms with Crippen LogP contribution in [0, 0.1) is 12.8 Å². The summed E-state index contributed by atoms with van der Waals surface area (Å²) in [4.78, 5) is 12.2. The number of esters is 1. The highest BCUT2D eigenvalue weighted by Crippen LogP contribution is 2.38. The van der Waals surface area contributed by atoms with Gasteiger partial charge < -0.3 is 14.6 Å². The molecule has 1 aliphatic heterocycles. The normalized spacial score (nSPS) is 17.0. The molecule has 0 atom stereocenters. The van der Waals surface area contributed by atoms with Crippen LogP contribution < -0.4 is 4.74 Å². The van der Waals surface area contributed by atoms with Crippen molar-refractivity contribution in [3.63, 3.8) is 0 Å². The number of fused-ring (bicyclic) bond motifs is 1. The number of allylic oxidation sites excluding steroid dienone is 1. The predicted octanol–water partition coefficient (Wildman–Crippen LogP) is 4.00. The van der Waals surface area contributed by atoms with Gasteiger partial charge in [-0.3, -0.25) is 0 Å². The standard InChI is InChI=1S/C18H21IO4S/c1-11-8-13(4-5-14(9-20)12-2-3-12)17(22-6-7-24-19)16-15(11)10-23-18(16)21/h5,8,12,20H,2-4,6-7,9-10H2,1H3/b14-5-. The zero-order chi connectivity index (χ0) is 17.1. The van der Waals surface area contributed by atoms with Crippen LogP contribution in [-0.4, -0.2) is 30.0 Å². The number of carbonyl (C=O) groups excluding carboxylic acids is 1. The SMILES string of the molecule is Cc1cc(C/C=C(/CO)C2CC2)c(OCCSI)c2c1COC2=O. The lowest BCUT2D eigenvalue weighted by Crippen LogP contribution is -2.08. The molecule has 0 bridgehead atoms. The second-order valence-electron chi connectivity index (χ2n) is 6.19. The van der Waals surface area contributed by atoms with E-state index in [4.69, 9.17) is 9.47 Å². The molecular weight excluding hydrogens is 439 g/mol. The quantitative estimate of drug-likeness (QED) is 0.275. The molecule has 3 rings (SSSR count). The maximum Gasteiger partial charge on any atom is 0.342 e. The van der Waals surface area contributed by atoms with E-state index in [9.17, 15) is 9.90 Å². The molecule has 1 fully saturated rings. The van der Waals surface area contributed by atoms with Gasteiger partial charge in [0.2, 0.25) is 0 Å². The molecule has 1 aliphatic carbocycles. The summed E-state index contributed by atoms with van der Waals surface area (Å²) < 4.78 is 11.2. The lowest BCUT2D eigenvalue weighted by Gasteiger charge is -2.15. The number of hydrogen-bond acceptors (Lipinski definition) is 5. The molecule has 0 aromatic heterocycles. The molecule has 2 aliphatic rings. The highest BCUT2D eigenvalue weighted by Gasteiger charge is 2.30. The number of hydrogen-bond donors (Lipinski definition) is 1. The number of aliphatic hydroxyl groups excluding tert-OH is 1. The zero-order valence-electron chi connectivity index (χ0n) is 13.6. The molecule has 0 unspecified atom stereocenters. The van der Waals surface area contributed by atoms with Crippen LogP contribution in [0.5, 0.6) is 5.75 Å². The Morgan fingerprint density at radius 3 is 3.00 bits per heavy atom. The van der Waals surface area contributed by atoms with Crippen molar-refractivity contribution in [2.24, 2.45) is 5.92 Å². The maximum absolute atomic E-state index is 12.2. The summed E-state index contributed by atoms with van der Waals surface area (Å²) in [5, 5.41) is 9.53. The smallest absolute Gasteiger partial charge is 0.342 e. The number of ether oxygens (including phenoxy) is 2. The first-order valence-electron chi connectivity index (χ1n) is 8.14. The van der Waals surface area contributed by atoms with Crippen LogP contribution in [0.25, 0.3) is 0 Å². The summed E-state index contributed by atoms with van der Waals surface area (Å²) in [6.07, 6.45) is 5.09. The lowest BCUT2D eigenvalue weighted by molar-refractivity contribution is 0.0532. The van der Waals surface area contributed by atoms with Crippen LogP contribution in [-0.2, 0) is 17.8 Å². The summed E-state index contributed by atoms with van der Waals surface area (Å²) >= 11 is 2.24. The maximum atomic E-state index is 12.2. The van der Waals surface area contributed by atoms with Gasteiger partial charge in [0.05, 0.1) is 13.2 Å². The topological polar surface area (TPSA) is 55.8 Å². The number of aryl methyl sites for hydroxylation is 1. The van der Waals surface area contributed by atoms with Crippen LogP contribution in [0.3, 0.4) is 0 Å². The molecule has 1 heterocycles. The van der Waals surface area contributed by atoms with Gasteiger partial charge in [-0.25, -0.2) is 4.79 Å². The van der Waals surface area contributed by atoms with Gasteiger partial charge in [-0.15, -0.1) is 0 Å². The average Bonchev–Trinajstić information content (AvgIpc) is 3.33. The third-order valence-corrected chi connectivity index (χ3v) is 6.16. The molecule has 0 radical (unpaired) electrons. The first-order valence-corrected chi connectivity index (χ1v) is 11.7. The summed E-state index contributed by atoms with van der Waals surface area (Å²) in [7, 11) is 1.68. The fourth-order valence-electron chi connectivity index (χ4n) is 3.07. The van der Waals surface area contributed by atoms with E-state index in [1.807, 2.05) is 6.92 Å². The number of carbonyl (C=O) groups is 1. The number of benzene rings is 1. The molecular formula is C18H21IO4S. The monoisotopic (exact) mass is 460 g/mol. The van der Waals surface area contributed by atoms with Gasteiger partial charge in [0, 0.05) is 11.3 Å². The Bertz CT molecular complexity index is 667. The number of halogens is 1. The van der Waals surface area contributed by atoms with Gasteiger partial charge in [-0.1, -0.05) is 21.1 Å². The van der Waals surface area contributed by atoms with Gasteiger partial charge in [-0.2, -0.15) is 0 Å². The first kappa shape index (κ1) is 18.1. The molecule has 1 aromatic carbocycles. The first-order chi connectivity index (χ1) is 11.7. The number of aliphatic hydroxyl groups is 1. The molecule has 24 heavy (non-hydrogen) atoms. The number of cyclic esters (lactones) is 1. The molecule has 1 aromatic rings. The van der Waals surface area contributed by atoms with Gasteiger partial charge >= 0.3 is 5.97 Å². The van der Waals surface area contributed by atoms with E-state index in [1.165, 1.54) is 0 Å². The minimum absolute atomic E-state index is 0.109. The van der Waals surface area contributed by atoms with Crippen molar-refractivity contribution in [3.05, 3.63) is 40.0 Å². The van der Waals surface area contributed by atoms with E-state index in [0.717, 1.165) is 40.9 Å². The van der Waals surface area contributed by atoms with Crippen LogP contribution in [0.15, 0.2) is 17.7 Å². The van der Waals surface area contributed by atoms with Gasteiger partial charge in [0.25, 0.3) is 0 Å². The summed E-state index contributed by atoms with van der Waals surface area (Å²) in [6.45, 7) is 3.00. The average molecular weight is 460 g/mol. The van der Waals surface area contributed by atoms with Crippen LogP contribution in [0.4, 0.5) is 0 Å². The number of rotatable bonds is 8. The molecule has 6 heteroatoms. The lowest BCUT2D eigenvalue weighted by atomic mass is 9.96. The van der Waals surface area contributed by atoms with Crippen molar-refractivity contribution in [3.8, 4) is 5.75 Å². The van der Waals surface area contributed by atoms with E-state index < -0.39 is 0 Å². The van der Waals surface area contributed by atoms with E-state index in [1.54, 1.807) is 8.93 Å². The van der Waals surface area contributed by atoms with Crippen molar-refractivity contribution >= 4 is 36.1 Å². The Kier molecular flexibility index (Phi) is 6.10. The molecule has 0 amide bonds. The molecule has 0 saturated heterocycles. The summed E-state index contributed by atoms with van der Waals surface area (Å²) in [5.74, 6) is 1.76. The summed E-state index contributed by atoms with van der Waals surface area (Å²) in [6, 6.07) is 2.09. The van der Waals surface area contributed by atoms with E-state index in [0.29, 0.717) is 36.9 Å². The fraction of sp³-hybridized carbons (Fsp3) is 0.500. The van der Waals surface area contributed by atoms with Crippen LogP contribution in [0.2, 0.25) is 0 Å². The Labute approximate surface area is 158 Å². The molecule has 4 nitrogen and oxygen atoms in total. The second-order valence-corrected chi connectivity index (χ2v) is 8.68. The molecule has 1 N–H and O–H groups in total. The third kappa shape index (κ3) is 3.91. The third-order valence-electron chi connectivity index (χ3n) is 4.51. The van der Waals surface area contributed by atoms with E-state index in [2.05, 4.69) is 33.3 Å². The van der Waals surface area contributed by atoms with Crippen LogP contribution >= 0.6 is 30.1 Å². The Morgan fingerprint density at radius 1 is 1.54 bits per heavy atom. The summed E-state index contributed by atoms with van der Waals surface area (Å²) in [5.41, 5.74) is 4.69. The van der Waals surface area contributed by atoms with Crippen molar-refractivity contribution in [2.45, 2.75) is 32.8 Å². The Morgan fingerprint density at radius 2 is 2.33 bits per heavy atom. The largest absolute Gasteiger partial charge is 0.491 e. The molecule has 130 valence electrons. The molecule has 0 spiro atoms. The fourth-order valence-corrected chi connectivity index (χ4v) is 3.75. The van der Waals surface area contributed by atoms with Crippen molar-refractivity contribution in [1.29, 1.82) is 0 Å². The van der Waals surface area contributed by atoms with E-state index >= 15 is 0 Å². The van der Waals surface area contributed by atoms with E-state index in [-0.39, 0.29) is 12.6 Å². The highest BCUT2D eigenvalue weighted by molar-refractivity contribution is 14.2.